The van der Waals surface area contributed by atoms with E-state index in [9.17, 15) is 10.1 Å². The Hall–Kier alpha value is -1.66. The molecule has 2 rings (SSSR count). The maximum atomic E-state index is 11.2. The molecule has 0 saturated carbocycles. The molecule has 94 valence electrons. The summed E-state index contributed by atoms with van der Waals surface area (Å²) in [6.07, 6.45) is 1.31. The molecule has 1 aliphatic rings. The predicted molar refractivity (Wildman–Crippen MR) is 68.0 cm³/mol. The van der Waals surface area contributed by atoms with Crippen molar-refractivity contribution in [3.05, 3.63) is 34.9 Å². The first-order valence-electron chi connectivity index (χ1n) is 6.11. The van der Waals surface area contributed by atoms with Gasteiger partial charge >= 0.3 is 0 Å². The Morgan fingerprint density at radius 2 is 2.17 bits per heavy atom. The van der Waals surface area contributed by atoms with Crippen molar-refractivity contribution in [2.24, 2.45) is 5.92 Å². The number of hydrogen-bond acceptors (Lipinski definition) is 3. The van der Waals surface area contributed by atoms with Crippen LogP contribution in [-0.2, 0) is 16.0 Å². The van der Waals surface area contributed by atoms with Gasteiger partial charge in [-0.1, -0.05) is 12.1 Å². The molecule has 1 unspecified atom stereocenters. The molecule has 1 aromatic carbocycles. The summed E-state index contributed by atoms with van der Waals surface area (Å²) in [6, 6.07) is 7.81. The Kier molecular flexibility index (Phi) is 3.23. The maximum absolute atomic E-state index is 11.2. The summed E-state index contributed by atoms with van der Waals surface area (Å²) in [5.41, 5.74) is 2.23. The summed E-state index contributed by atoms with van der Waals surface area (Å²) in [4.78, 5) is 11.2. The van der Waals surface area contributed by atoms with Crippen LogP contribution in [0.4, 0.5) is 0 Å². The Labute approximate surface area is 107 Å². The zero-order valence-corrected chi connectivity index (χ0v) is 10.9. The van der Waals surface area contributed by atoms with E-state index in [4.69, 9.17) is 4.74 Å². The highest BCUT2D eigenvalue weighted by Crippen LogP contribution is 2.41. The molecule has 0 spiro atoms. The number of rotatable bonds is 2. The molecule has 2 atom stereocenters. The van der Waals surface area contributed by atoms with Gasteiger partial charge in [-0.2, -0.15) is 5.26 Å². The summed E-state index contributed by atoms with van der Waals surface area (Å²) in [6.45, 7) is 5.88. The molecule has 0 amide bonds. The Balaban J connectivity index is 2.46. The van der Waals surface area contributed by atoms with Crippen molar-refractivity contribution >= 4 is 6.29 Å². The van der Waals surface area contributed by atoms with Crippen LogP contribution in [-0.4, -0.2) is 11.9 Å². The Morgan fingerprint density at radius 1 is 1.44 bits per heavy atom. The third kappa shape index (κ3) is 2.30. The first-order valence-corrected chi connectivity index (χ1v) is 6.11. The fourth-order valence-corrected chi connectivity index (χ4v) is 2.45. The maximum Gasteiger partial charge on any atom is 0.126 e. The van der Waals surface area contributed by atoms with Gasteiger partial charge in [-0.05, 0) is 38.8 Å². The zero-order chi connectivity index (χ0) is 13.3. The molecule has 0 heterocycles. The number of carbonyl (C=O) groups is 1. The van der Waals surface area contributed by atoms with Crippen LogP contribution in [0.15, 0.2) is 18.2 Å². The van der Waals surface area contributed by atoms with Gasteiger partial charge in [0.2, 0.25) is 0 Å². The van der Waals surface area contributed by atoms with Gasteiger partial charge in [0.15, 0.2) is 0 Å². The Morgan fingerprint density at radius 3 is 2.72 bits per heavy atom. The third-order valence-electron chi connectivity index (χ3n) is 3.10. The zero-order valence-electron chi connectivity index (χ0n) is 10.9. The molecular formula is C15H17NO2. The minimum Gasteiger partial charge on any atom is -0.367 e. The molecule has 0 N–H and O–H groups in total. The SMILES string of the molecule is CC(C)(C)OC1c2c(C#N)cccc2C[C@@H]1C=O. The molecule has 3 heteroatoms. The number of benzene rings is 1. The van der Waals surface area contributed by atoms with Crippen LogP contribution >= 0.6 is 0 Å². The molecule has 1 aliphatic carbocycles. The lowest BCUT2D eigenvalue weighted by molar-refractivity contribution is -0.122. The van der Waals surface area contributed by atoms with Gasteiger partial charge in [-0.3, -0.25) is 0 Å². The van der Waals surface area contributed by atoms with Gasteiger partial charge in [0.05, 0.1) is 23.3 Å². The molecular weight excluding hydrogens is 226 g/mol. The van der Waals surface area contributed by atoms with Crippen molar-refractivity contribution in [1.29, 1.82) is 5.26 Å². The van der Waals surface area contributed by atoms with E-state index in [1.807, 2.05) is 32.9 Å². The van der Waals surface area contributed by atoms with Crippen LogP contribution in [0.2, 0.25) is 0 Å². The minimum absolute atomic E-state index is 0.186. The molecule has 0 saturated heterocycles. The van der Waals surface area contributed by atoms with Crippen LogP contribution in [0.5, 0.6) is 0 Å². The van der Waals surface area contributed by atoms with E-state index in [-0.39, 0.29) is 17.6 Å². The monoisotopic (exact) mass is 243 g/mol. The normalized spacial score (nSPS) is 22.3. The number of carbonyl (C=O) groups excluding carboxylic acids is 1. The van der Waals surface area contributed by atoms with Gasteiger partial charge in [-0.15, -0.1) is 0 Å². The van der Waals surface area contributed by atoms with Gasteiger partial charge in [0.25, 0.3) is 0 Å². The molecule has 0 aromatic heterocycles. The van der Waals surface area contributed by atoms with Gasteiger partial charge in [0, 0.05) is 11.5 Å². The predicted octanol–water partition coefficient (Wildman–Crippen LogP) is 2.79. The highest BCUT2D eigenvalue weighted by Gasteiger charge is 2.37. The second kappa shape index (κ2) is 4.55. The van der Waals surface area contributed by atoms with E-state index in [1.165, 1.54) is 0 Å². The minimum atomic E-state index is -0.337. The largest absolute Gasteiger partial charge is 0.367 e. The first-order chi connectivity index (χ1) is 8.46. The average molecular weight is 243 g/mol. The standard InChI is InChI=1S/C15H17NO2/c1-15(2,3)18-14-12(9-17)7-10-5-4-6-11(8-16)13(10)14/h4-6,9,12,14H,7H2,1-3H3/t12-,14?/m1/s1. The smallest absolute Gasteiger partial charge is 0.126 e. The van der Waals surface area contributed by atoms with Crippen LogP contribution in [0.3, 0.4) is 0 Å². The Bertz CT molecular complexity index is 508. The number of nitrogens with zero attached hydrogens (tertiary/aromatic N) is 1. The second-order valence-electron chi connectivity index (χ2n) is 5.65. The van der Waals surface area contributed by atoms with Gasteiger partial charge < -0.3 is 9.53 Å². The van der Waals surface area contributed by atoms with Gasteiger partial charge in [0.1, 0.15) is 6.29 Å². The summed E-state index contributed by atoms with van der Waals surface area (Å²) in [5.74, 6) is -0.186. The van der Waals surface area contributed by atoms with E-state index in [0.717, 1.165) is 17.4 Å². The number of fused-ring (bicyclic) bond motifs is 1. The van der Waals surface area contributed by atoms with E-state index in [1.54, 1.807) is 6.07 Å². The summed E-state index contributed by atoms with van der Waals surface area (Å²) >= 11 is 0. The average Bonchev–Trinajstić information content (AvgIpc) is 2.65. The van der Waals surface area contributed by atoms with E-state index in [2.05, 4.69) is 6.07 Å². The second-order valence-corrected chi connectivity index (χ2v) is 5.65. The number of nitriles is 1. The lowest BCUT2D eigenvalue weighted by Gasteiger charge is -2.28. The van der Waals surface area contributed by atoms with Gasteiger partial charge in [-0.25, -0.2) is 0 Å². The topological polar surface area (TPSA) is 50.1 Å². The van der Waals surface area contributed by atoms with Crippen LogP contribution < -0.4 is 0 Å². The summed E-state index contributed by atoms with van der Waals surface area (Å²) in [5, 5.41) is 9.18. The van der Waals surface area contributed by atoms with E-state index < -0.39 is 0 Å². The lowest BCUT2D eigenvalue weighted by Crippen LogP contribution is -2.26. The van der Waals surface area contributed by atoms with Crippen molar-refractivity contribution in [2.45, 2.75) is 38.9 Å². The molecule has 18 heavy (non-hydrogen) atoms. The quantitative estimate of drug-likeness (QED) is 0.750. The summed E-state index contributed by atoms with van der Waals surface area (Å²) < 4.78 is 5.99. The molecule has 0 aliphatic heterocycles. The third-order valence-corrected chi connectivity index (χ3v) is 3.10. The fraction of sp³-hybridized carbons (Fsp3) is 0.467. The van der Waals surface area contributed by atoms with Crippen molar-refractivity contribution < 1.29 is 9.53 Å². The highest BCUT2D eigenvalue weighted by atomic mass is 16.5. The lowest BCUT2D eigenvalue weighted by atomic mass is 10.00. The van der Waals surface area contributed by atoms with Crippen molar-refractivity contribution in [3.8, 4) is 6.07 Å². The summed E-state index contributed by atoms with van der Waals surface area (Å²) in [7, 11) is 0. The number of ether oxygens (including phenoxy) is 1. The molecule has 0 radical (unpaired) electrons. The molecule has 1 aromatic rings. The number of aldehydes is 1. The van der Waals surface area contributed by atoms with Crippen LogP contribution in [0, 0.1) is 17.2 Å². The van der Waals surface area contributed by atoms with Crippen LogP contribution in [0.25, 0.3) is 0 Å². The molecule has 3 nitrogen and oxygen atoms in total. The first kappa shape index (κ1) is 12.8. The highest BCUT2D eigenvalue weighted by molar-refractivity contribution is 5.61. The van der Waals surface area contributed by atoms with E-state index in [0.29, 0.717) is 12.0 Å². The van der Waals surface area contributed by atoms with E-state index >= 15 is 0 Å². The fourth-order valence-electron chi connectivity index (χ4n) is 2.45. The van der Waals surface area contributed by atoms with Crippen molar-refractivity contribution in [1.82, 2.24) is 0 Å². The molecule has 0 bridgehead atoms. The molecule has 0 fully saturated rings. The van der Waals surface area contributed by atoms with Crippen molar-refractivity contribution in [3.63, 3.8) is 0 Å². The van der Waals surface area contributed by atoms with Crippen molar-refractivity contribution in [2.75, 3.05) is 0 Å². The van der Waals surface area contributed by atoms with Crippen LogP contribution in [0.1, 0.15) is 43.6 Å². The number of hydrogen-bond donors (Lipinski definition) is 0.